The van der Waals surface area contributed by atoms with E-state index >= 15 is 0 Å². The van der Waals surface area contributed by atoms with Gasteiger partial charge in [0.05, 0.1) is 11.7 Å². The molecule has 23 heavy (non-hydrogen) atoms. The van der Waals surface area contributed by atoms with Crippen LogP contribution in [0.3, 0.4) is 0 Å². The summed E-state index contributed by atoms with van der Waals surface area (Å²) in [6.07, 6.45) is 4.44. The molecule has 130 valence electrons. The first-order chi connectivity index (χ1) is 10.7. The van der Waals surface area contributed by atoms with E-state index in [1.54, 1.807) is 0 Å². The van der Waals surface area contributed by atoms with Crippen LogP contribution in [0.2, 0.25) is 0 Å². The van der Waals surface area contributed by atoms with Crippen molar-refractivity contribution in [1.29, 1.82) is 0 Å². The molecule has 0 radical (unpaired) electrons. The zero-order valence-electron chi connectivity index (χ0n) is 13.7. The molecule has 2 aliphatic heterocycles. The van der Waals surface area contributed by atoms with E-state index in [0.717, 1.165) is 57.0 Å². The number of carbonyl (C=O) groups excluding carboxylic acids is 1. The van der Waals surface area contributed by atoms with Gasteiger partial charge in [0.1, 0.15) is 5.76 Å². The van der Waals surface area contributed by atoms with Gasteiger partial charge in [0.2, 0.25) is 5.91 Å². The van der Waals surface area contributed by atoms with E-state index in [0.29, 0.717) is 5.92 Å². The van der Waals surface area contributed by atoms with Gasteiger partial charge in [-0.15, -0.1) is 12.4 Å². The Balaban J connectivity index is 0.00000192. The van der Waals surface area contributed by atoms with Gasteiger partial charge in [-0.25, -0.2) is 0 Å². The standard InChI is InChI=1S/C16H26N4O2.ClH/c1-12-8-14(19-22-12)11-20-7-3-4-13(10-20)9-18-16(21)15-5-2-6-17-15;/h8,13,15,17H,2-7,9-11H2,1H3,(H,18,21);1H. The molecule has 7 heteroatoms. The number of halogens is 1. The SMILES string of the molecule is Cc1cc(CN2CCCC(CNC(=O)C3CCCN3)C2)no1.Cl. The van der Waals surface area contributed by atoms with Crippen molar-refractivity contribution in [2.24, 2.45) is 5.92 Å². The van der Waals surface area contributed by atoms with Crippen LogP contribution in [-0.4, -0.2) is 48.2 Å². The topological polar surface area (TPSA) is 70.4 Å². The maximum atomic E-state index is 12.1. The molecule has 3 heterocycles. The van der Waals surface area contributed by atoms with E-state index in [1.807, 2.05) is 13.0 Å². The number of aryl methyl sites for hydroxylation is 1. The summed E-state index contributed by atoms with van der Waals surface area (Å²) in [7, 11) is 0. The lowest BCUT2D eigenvalue weighted by Crippen LogP contribution is -2.45. The number of nitrogens with zero attached hydrogens (tertiary/aromatic N) is 2. The lowest BCUT2D eigenvalue weighted by atomic mass is 9.97. The van der Waals surface area contributed by atoms with E-state index in [2.05, 4.69) is 20.7 Å². The van der Waals surface area contributed by atoms with Crippen LogP contribution in [0.4, 0.5) is 0 Å². The van der Waals surface area contributed by atoms with Gasteiger partial charge in [-0.1, -0.05) is 5.16 Å². The van der Waals surface area contributed by atoms with Crippen molar-refractivity contribution in [2.75, 3.05) is 26.2 Å². The van der Waals surface area contributed by atoms with E-state index in [4.69, 9.17) is 4.52 Å². The minimum Gasteiger partial charge on any atom is -0.361 e. The van der Waals surface area contributed by atoms with Crippen LogP contribution < -0.4 is 10.6 Å². The normalized spacial score (nSPS) is 25.1. The number of carbonyl (C=O) groups is 1. The summed E-state index contributed by atoms with van der Waals surface area (Å²) in [5, 5.41) is 10.4. The number of aromatic nitrogens is 1. The molecule has 3 rings (SSSR count). The summed E-state index contributed by atoms with van der Waals surface area (Å²) < 4.78 is 5.13. The molecule has 2 N–H and O–H groups in total. The lowest BCUT2D eigenvalue weighted by Gasteiger charge is -2.32. The van der Waals surface area contributed by atoms with Crippen molar-refractivity contribution >= 4 is 18.3 Å². The fraction of sp³-hybridized carbons (Fsp3) is 0.750. The summed E-state index contributed by atoms with van der Waals surface area (Å²) in [4.78, 5) is 14.5. The highest BCUT2D eigenvalue weighted by atomic mass is 35.5. The van der Waals surface area contributed by atoms with Crippen molar-refractivity contribution in [3.8, 4) is 0 Å². The monoisotopic (exact) mass is 342 g/mol. The van der Waals surface area contributed by atoms with E-state index in [-0.39, 0.29) is 24.4 Å². The smallest absolute Gasteiger partial charge is 0.237 e. The number of likely N-dealkylation sites (tertiary alicyclic amines) is 1. The number of hydrogen-bond donors (Lipinski definition) is 2. The molecule has 2 aliphatic rings. The predicted molar refractivity (Wildman–Crippen MR) is 90.5 cm³/mol. The number of piperidine rings is 1. The Morgan fingerprint density at radius 3 is 3.04 bits per heavy atom. The zero-order chi connectivity index (χ0) is 15.4. The average Bonchev–Trinajstić information content (AvgIpc) is 3.17. The van der Waals surface area contributed by atoms with Gasteiger partial charge in [-0.3, -0.25) is 9.69 Å². The van der Waals surface area contributed by atoms with Gasteiger partial charge in [0.15, 0.2) is 0 Å². The molecule has 2 fully saturated rings. The van der Waals surface area contributed by atoms with Gasteiger partial charge in [0, 0.05) is 25.7 Å². The highest BCUT2D eigenvalue weighted by Crippen LogP contribution is 2.18. The molecule has 0 aromatic carbocycles. The maximum absolute atomic E-state index is 12.1. The van der Waals surface area contributed by atoms with Crippen LogP contribution >= 0.6 is 12.4 Å². The number of amides is 1. The fourth-order valence-electron chi connectivity index (χ4n) is 3.46. The Bertz CT molecular complexity index is 502. The van der Waals surface area contributed by atoms with Crippen LogP contribution in [-0.2, 0) is 11.3 Å². The Morgan fingerprint density at radius 1 is 1.48 bits per heavy atom. The van der Waals surface area contributed by atoms with Crippen LogP contribution in [0.5, 0.6) is 0 Å². The molecule has 2 saturated heterocycles. The second-order valence-corrected chi connectivity index (χ2v) is 6.57. The molecule has 0 aliphatic carbocycles. The molecule has 0 saturated carbocycles. The first-order valence-electron chi connectivity index (χ1n) is 8.36. The summed E-state index contributed by atoms with van der Waals surface area (Å²) >= 11 is 0. The van der Waals surface area contributed by atoms with Crippen LogP contribution in [0.25, 0.3) is 0 Å². The molecule has 2 atom stereocenters. The number of nitrogens with one attached hydrogen (secondary N) is 2. The van der Waals surface area contributed by atoms with E-state index in [9.17, 15) is 4.79 Å². The highest BCUT2D eigenvalue weighted by Gasteiger charge is 2.24. The third kappa shape index (κ3) is 5.19. The second-order valence-electron chi connectivity index (χ2n) is 6.57. The third-order valence-corrected chi connectivity index (χ3v) is 4.61. The van der Waals surface area contributed by atoms with Crippen molar-refractivity contribution in [3.63, 3.8) is 0 Å². The van der Waals surface area contributed by atoms with Crippen molar-refractivity contribution in [1.82, 2.24) is 20.7 Å². The van der Waals surface area contributed by atoms with E-state index < -0.39 is 0 Å². The summed E-state index contributed by atoms with van der Waals surface area (Å²) in [5.41, 5.74) is 0.998. The van der Waals surface area contributed by atoms with E-state index in [1.165, 1.54) is 12.8 Å². The molecule has 0 spiro atoms. The average molecular weight is 343 g/mol. The van der Waals surface area contributed by atoms with Gasteiger partial charge >= 0.3 is 0 Å². The first-order valence-corrected chi connectivity index (χ1v) is 8.36. The Morgan fingerprint density at radius 2 is 2.35 bits per heavy atom. The molecule has 6 nitrogen and oxygen atoms in total. The largest absolute Gasteiger partial charge is 0.361 e. The summed E-state index contributed by atoms with van der Waals surface area (Å²) in [5.74, 6) is 1.56. The molecular formula is C16H27ClN4O2. The molecule has 1 aromatic rings. The minimum atomic E-state index is 0. The van der Waals surface area contributed by atoms with Crippen molar-refractivity contribution < 1.29 is 9.32 Å². The maximum Gasteiger partial charge on any atom is 0.237 e. The highest BCUT2D eigenvalue weighted by molar-refractivity contribution is 5.85. The molecular weight excluding hydrogens is 316 g/mol. The molecule has 1 aromatic heterocycles. The first kappa shape index (κ1) is 18.2. The van der Waals surface area contributed by atoms with Crippen molar-refractivity contribution in [3.05, 3.63) is 17.5 Å². The molecule has 1 amide bonds. The number of hydrogen-bond acceptors (Lipinski definition) is 5. The summed E-state index contributed by atoms with van der Waals surface area (Å²) in [6.45, 7) is 6.62. The Kier molecular flexibility index (Phi) is 6.87. The Labute approximate surface area is 143 Å². The van der Waals surface area contributed by atoms with Gasteiger partial charge < -0.3 is 15.2 Å². The third-order valence-electron chi connectivity index (χ3n) is 4.61. The number of rotatable bonds is 5. The quantitative estimate of drug-likeness (QED) is 0.848. The zero-order valence-corrected chi connectivity index (χ0v) is 14.5. The van der Waals surface area contributed by atoms with Gasteiger partial charge in [-0.05, 0) is 51.6 Å². The molecule has 0 bridgehead atoms. The Hall–Kier alpha value is -1.11. The van der Waals surface area contributed by atoms with Gasteiger partial charge in [-0.2, -0.15) is 0 Å². The van der Waals surface area contributed by atoms with Crippen LogP contribution in [0, 0.1) is 12.8 Å². The van der Waals surface area contributed by atoms with Crippen LogP contribution in [0.15, 0.2) is 10.6 Å². The second kappa shape index (κ2) is 8.66. The predicted octanol–water partition coefficient (Wildman–Crippen LogP) is 1.49. The fourth-order valence-corrected chi connectivity index (χ4v) is 3.46. The lowest BCUT2D eigenvalue weighted by molar-refractivity contribution is -0.123. The minimum absolute atomic E-state index is 0. The van der Waals surface area contributed by atoms with Gasteiger partial charge in [0.25, 0.3) is 0 Å². The van der Waals surface area contributed by atoms with Crippen LogP contribution in [0.1, 0.15) is 37.1 Å². The summed E-state index contributed by atoms with van der Waals surface area (Å²) in [6, 6.07) is 2.02. The van der Waals surface area contributed by atoms with Crippen molar-refractivity contribution in [2.45, 2.75) is 45.2 Å². The molecule has 2 unspecified atom stereocenters.